The molecular weight excluding hydrogens is 294 g/mol. The molecule has 1 aliphatic rings. The van der Waals surface area contributed by atoms with Crippen LogP contribution in [0.4, 0.5) is 0 Å². The number of hydrogen-bond acceptors (Lipinski definition) is 6. The second-order valence-electron chi connectivity index (χ2n) is 5.22. The Hall–Kier alpha value is -1.03. The number of ether oxygens (including phenoxy) is 1. The number of aryl methyl sites for hydroxylation is 1. The Morgan fingerprint density at radius 1 is 1.52 bits per heavy atom. The molecule has 1 aromatic heterocycles. The van der Waals surface area contributed by atoms with Gasteiger partial charge >= 0.3 is 0 Å². The van der Waals surface area contributed by atoms with Crippen molar-refractivity contribution in [1.29, 1.82) is 0 Å². The summed E-state index contributed by atoms with van der Waals surface area (Å²) in [4.78, 5) is 6.60. The van der Waals surface area contributed by atoms with Gasteiger partial charge in [0.15, 0.2) is 5.82 Å². The summed E-state index contributed by atoms with van der Waals surface area (Å²) in [5.74, 6) is 1.56. The summed E-state index contributed by atoms with van der Waals surface area (Å²) >= 11 is 0. The van der Waals surface area contributed by atoms with E-state index in [9.17, 15) is 8.42 Å². The van der Waals surface area contributed by atoms with Gasteiger partial charge in [-0.2, -0.15) is 5.10 Å². The van der Waals surface area contributed by atoms with E-state index in [-0.39, 0.29) is 6.10 Å². The third kappa shape index (κ3) is 5.34. The monoisotopic (exact) mass is 317 g/mol. The van der Waals surface area contributed by atoms with E-state index in [0.717, 1.165) is 31.5 Å². The standard InChI is InChI=1S/C12H23N5O3S/c1-3-4-11-14-12(16-15-11)10-9-17(7-8-20-10)6-5-13-21(2,18)19/h10,13H,3-9H2,1-2H3,(H,14,15,16)/t10-/m1/s1. The molecule has 9 heteroatoms. The van der Waals surface area contributed by atoms with Gasteiger partial charge in [0.2, 0.25) is 10.0 Å². The number of aromatic nitrogens is 3. The zero-order chi connectivity index (χ0) is 15.3. The van der Waals surface area contributed by atoms with Crippen LogP contribution in [0.3, 0.4) is 0 Å². The summed E-state index contributed by atoms with van der Waals surface area (Å²) < 4.78 is 30.3. The maximum atomic E-state index is 11.0. The quantitative estimate of drug-likeness (QED) is 0.715. The van der Waals surface area contributed by atoms with E-state index >= 15 is 0 Å². The number of hydrogen-bond donors (Lipinski definition) is 2. The van der Waals surface area contributed by atoms with Gasteiger partial charge in [0.1, 0.15) is 11.9 Å². The molecule has 0 spiro atoms. The third-order valence-corrected chi connectivity index (χ3v) is 4.00. The highest BCUT2D eigenvalue weighted by atomic mass is 32.2. The van der Waals surface area contributed by atoms with Crippen LogP contribution in [-0.4, -0.2) is 67.5 Å². The molecule has 2 rings (SSSR count). The van der Waals surface area contributed by atoms with Gasteiger partial charge in [-0.15, -0.1) is 0 Å². The van der Waals surface area contributed by atoms with Crippen LogP contribution in [0.15, 0.2) is 0 Å². The molecule has 2 N–H and O–H groups in total. The lowest BCUT2D eigenvalue weighted by molar-refractivity contribution is -0.0333. The van der Waals surface area contributed by atoms with Gasteiger partial charge < -0.3 is 4.74 Å². The van der Waals surface area contributed by atoms with E-state index in [1.165, 1.54) is 0 Å². The molecular formula is C12H23N5O3S. The van der Waals surface area contributed by atoms with Gasteiger partial charge in [0.05, 0.1) is 12.9 Å². The first-order chi connectivity index (χ1) is 9.98. The molecule has 0 amide bonds. The van der Waals surface area contributed by atoms with Gasteiger partial charge in [-0.25, -0.2) is 18.1 Å². The van der Waals surface area contributed by atoms with E-state index in [1.54, 1.807) is 0 Å². The number of rotatable bonds is 7. The van der Waals surface area contributed by atoms with Crippen molar-refractivity contribution >= 4 is 10.0 Å². The second-order valence-corrected chi connectivity index (χ2v) is 7.05. The lowest BCUT2D eigenvalue weighted by Crippen LogP contribution is -2.42. The molecule has 1 saturated heterocycles. The minimum Gasteiger partial charge on any atom is -0.367 e. The van der Waals surface area contributed by atoms with Crippen molar-refractivity contribution in [3.8, 4) is 0 Å². The number of H-pyrrole nitrogens is 1. The molecule has 0 saturated carbocycles. The van der Waals surface area contributed by atoms with Crippen LogP contribution in [-0.2, 0) is 21.2 Å². The van der Waals surface area contributed by atoms with E-state index in [0.29, 0.717) is 32.1 Å². The predicted molar refractivity (Wildman–Crippen MR) is 78.4 cm³/mol. The number of sulfonamides is 1. The summed E-state index contributed by atoms with van der Waals surface area (Å²) in [7, 11) is -3.13. The van der Waals surface area contributed by atoms with Crippen LogP contribution in [0.5, 0.6) is 0 Å². The van der Waals surface area contributed by atoms with Crippen LogP contribution < -0.4 is 4.72 Å². The number of nitrogens with zero attached hydrogens (tertiary/aromatic N) is 3. The number of aromatic amines is 1. The van der Waals surface area contributed by atoms with Gasteiger partial charge in [-0.05, 0) is 6.42 Å². The molecule has 1 fully saturated rings. The third-order valence-electron chi connectivity index (χ3n) is 3.27. The fourth-order valence-corrected chi connectivity index (χ4v) is 2.72. The van der Waals surface area contributed by atoms with Crippen LogP contribution >= 0.6 is 0 Å². The zero-order valence-electron chi connectivity index (χ0n) is 12.5. The van der Waals surface area contributed by atoms with Gasteiger partial charge in [0, 0.05) is 32.6 Å². The van der Waals surface area contributed by atoms with E-state index in [4.69, 9.17) is 4.74 Å². The molecule has 0 aliphatic carbocycles. The summed E-state index contributed by atoms with van der Waals surface area (Å²) in [6, 6.07) is 0. The van der Waals surface area contributed by atoms with Crippen molar-refractivity contribution in [3.63, 3.8) is 0 Å². The average Bonchev–Trinajstić information content (AvgIpc) is 2.87. The molecule has 1 aliphatic heterocycles. The summed E-state index contributed by atoms with van der Waals surface area (Å²) in [6.45, 7) is 5.21. The van der Waals surface area contributed by atoms with Crippen molar-refractivity contribution in [2.24, 2.45) is 0 Å². The van der Waals surface area contributed by atoms with Crippen LogP contribution in [0.2, 0.25) is 0 Å². The zero-order valence-corrected chi connectivity index (χ0v) is 13.3. The molecule has 120 valence electrons. The normalized spacial score (nSPS) is 20.8. The SMILES string of the molecule is CCCc1nc([C@H]2CN(CCNS(C)(=O)=O)CCO2)n[nH]1. The molecule has 0 unspecified atom stereocenters. The van der Waals surface area contributed by atoms with Crippen molar-refractivity contribution in [2.45, 2.75) is 25.9 Å². The highest BCUT2D eigenvalue weighted by Crippen LogP contribution is 2.18. The van der Waals surface area contributed by atoms with Crippen LogP contribution in [0.25, 0.3) is 0 Å². The predicted octanol–water partition coefficient (Wildman–Crippen LogP) is -0.320. The smallest absolute Gasteiger partial charge is 0.208 e. The topological polar surface area (TPSA) is 100 Å². The Labute approximate surface area is 125 Å². The maximum absolute atomic E-state index is 11.0. The first-order valence-corrected chi connectivity index (χ1v) is 9.07. The highest BCUT2D eigenvalue weighted by Gasteiger charge is 2.25. The molecule has 1 aromatic rings. The Balaban J connectivity index is 1.85. The Kier molecular flexibility index (Phi) is 5.68. The summed E-state index contributed by atoms with van der Waals surface area (Å²) in [5, 5.41) is 7.14. The average molecular weight is 317 g/mol. The van der Waals surface area contributed by atoms with E-state index in [2.05, 4.69) is 31.7 Å². The molecule has 8 nitrogen and oxygen atoms in total. The van der Waals surface area contributed by atoms with Crippen molar-refractivity contribution < 1.29 is 13.2 Å². The largest absolute Gasteiger partial charge is 0.367 e. The van der Waals surface area contributed by atoms with E-state index < -0.39 is 10.0 Å². The van der Waals surface area contributed by atoms with Crippen molar-refractivity contribution in [2.75, 3.05) is 39.0 Å². The maximum Gasteiger partial charge on any atom is 0.208 e. The highest BCUT2D eigenvalue weighted by molar-refractivity contribution is 7.88. The molecule has 0 bridgehead atoms. The molecule has 0 radical (unpaired) electrons. The fraction of sp³-hybridized carbons (Fsp3) is 0.833. The number of nitrogens with one attached hydrogen (secondary N) is 2. The first kappa shape index (κ1) is 16.3. The summed E-state index contributed by atoms with van der Waals surface area (Å²) in [5.41, 5.74) is 0. The van der Waals surface area contributed by atoms with E-state index in [1.807, 2.05) is 0 Å². The lowest BCUT2D eigenvalue weighted by atomic mass is 10.2. The minimum absolute atomic E-state index is 0.154. The molecule has 1 atom stereocenters. The van der Waals surface area contributed by atoms with Gasteiger partial charge in [-0.3, -0.25) is 10.00 Å². The van der Waals surface area contributed by atoms with Crippen molar-refractivity contribution in [3.05, 3.63) is 11.6 Å². The minimum atomic E-state index is -3.13. The number of morpholine rings is 1. The summed E-state index contributed by atoms with van der Waals surface area (Å²) in [6.07, 6.45) is 2.90. The Morgan fingerprint density at radius 2 is 2.33 bits per heavy atom. The van der Waals surface area contributed by atoms with Crippen LogP contribution in [0.1, 0.15) is 31.1 Å². The second kappa shape index (κ2) is 7.30. The first-order valence-electron chi connectivity index (χ1n) is 7.17. The lowest BCUT2D eigenvalue weighted by Gasteiger charge is -2.31. The molecule has 0 aromatic carbocycles. The fourth-order valence-electron chi connectivity index (χ4n) is 2.25. The van der Waals surface area contributed by atoms with Gasteiger partial charge in [0.25, 0.3) is 0 Å². The Bertz CT molecular complexity index is 545. The molecule has 21 heavy (non-hydrogen) atoms. The van der Waals surface area contributed by atoms with Gasteiger partial charge in [-0.1, -0.05) is 6.92 Å². The van der Waals surface area contributed by atoms with Crippen molar-refractivity contribution in [1.82, 2.24) is 24.8 Å². The molecule has 2 heterocycles. The Morgan fingerprint density at radius 3 is 3.05 bits per heavy atom. The van der Waals surface area contributed by atoms with Crippen LogP contribution in [0, 0.1) is 0 Å².